The van der Waals surface area contributed by atoms with Crippen molar-refractivity contribution in [2.45, 2.75) is 83.0 Å². The molecule has 0 aliphatic rings. The van der Waals surface area contributed by atoms with E-state index in [4.69, 9.17) is 14.2 Å². The molecule has 0 aliphatic heterocycles. The predicted molar refractivity (Wildman–Crippen MR) is 103 cm³/mol. The van der Waals surface area contributed by atoms with E-state index in [2.05, 4.69) is 6.58 Å². The fourth-order valence-electron chi connectivity index (χ4n) is 2.54. The first kappa shape index (κ1) is 23.3. The first-order valence-corrected chi connectivity index (χ1v) is 10.4. The number of methoxy groups -OCH3 is 2. The summed E-state index contributed by atoms with van der Waals surface area (Å²) in [5, 5.41) is 0. The van der Waals surface area contributed by atoms with Crippen LogP contribution in [0.25, 0.3) is 0 Å². The van der Waals surface area contributed by atoms with E-state index >= 15 is 0 Å². The number of esters is 1. The standard InChI is InChI=1S/C19H38O4Si/c1-17(2)18(20)23-16-14-12-10-8-6-5-7-9-11-13-15-19(24,21-3)22-4/h1,5-16H2,2-4,24H3. The summed E-state index contributed by atoms with van der Waals surface area (Å²) in [5.41, 5.74) is 0.199. The molecule has 0 radical (unpaired) electrons. The molecule has 0 amide bonds. The van der Waals surface area contributed by atoms with E-state index in [1.54, 1.807) is 21.1 Å². The number of hydrogen-bond acceptors (Lipinski definition) is 4. The third-order valence-electron chi connectivity index (χ3n) is 4.47. The van der Waals surface area contributed by atoms with Crippen molar-refractivity contribution < 1.29 is 19.0 Å². The molecule has 4 nitrogen and oxygen atoms in total. The molecule has 0 aromatic carbocycles. The van der Waals surface area contributed by atoms with Gasteiger partial charge in [0.2, 0.25) is 0 Å². The van der Waals surface area contributed by atoms with Crippen molar-refractivity contribution in [1.82, 2.24) is 0 Å². The fraction of sp³-hybridized carbons (Fsp3) is 0.842. The lowest BCUT2D eigenvalue weighted by Crippen LogP contribution is -2.33. The van der Waals surface area contributed by atoms with Gasteiger partial charge in [-0.1, -0.05) is 57.9 Å². The van der Waals surface area contributed by atoms with Crippen LogP contribution in [0.2, 0.25) is 0 Å². The minimum absolute atomic E-state index is 0.270. The largest absolute Gasteiger partial charge is 0.462 e. The zero-order valence-corrected chi connectivity index (χ0v) is 18.3. The van der Waals surface area contributed by atoms with E-state index in [1.165, 1.54) is 51.4 Å². The maximum atomic E-state index is 11.2. The van der Waals surface area contributed by atoms with E-state index in [1.807, 2.05) is 0 Å². The van der Waals surface area contributed by atoms with E-state index in [-0.39, 0.29) is 11.4 Å². The Hall–Kier alpha value is -0.653. The van der Waals surface area contributed by atoms with E-state index in [0.29, 0.717) is 12.2 Å². The van der Waals surface area contributed by atoms with Gasteiger partial charge < -0.3 is 14.2 Å². The second-order valence-electron chi connectivity index (χ2n) is 6.74. The topological polar surface area (TPSA) is 44.8 Å². The predicted octanol–water partition coefficient (Wildman–Crippen LogP) is 3.71. The molecule has 0 atom stereocenters. The highest BCUT2D eigenvalue weighted by Crippen LogP contribution is 2.17. The van der Waals surface area contributed by atoms with Gasteiger partial charge in [0.05, 0.1) is 16.8 Å². The van der Waals surface area contributed by atoms with Gasteiger partial charge in [-0.15, -0.1) is 0 Å². The van der Waals surface area contributed by atoms with Gasteiger partial charge in [0, 0.05) is 19.8 Å². The third kappa shape index (κ3) is 12.7. The number of hydrogen-bond donors (Lipinski definition) is 0. The number of ether oxygens (including phenoxy) is 3. The Labute approximate surface area is 151 Å². The summed E-state index contributed by atoms with van der Waals surface area (Å²) in [6.45, 7) is 5.77. The minimum Gasteiger partial charge on any atom is -0.462 e. The Morgan fingerprint density at radius 2 is 1.29 bits per heavy atom. The number of rotatable bonds is 16. The molecule has 0 saturated heterocycles. The van der Waals surface area contributed by atoms with Gasteiger partial charge in [-0.05, 0) is 26.2 Å². The Bertz CT molecular complexity index is 340. The summed E-state index contributed by atoms with van der Waals surface area (Å²) in [7, 11) is 4.39. The van der Waals surface area contributed by atoms with Gasteiger partial charge in [0.25, 0.3) is 0 Å². The molecule has 0 N–H and O–H groups in total. The smallest absolute Gasteiger partial charge is 0.333 e. The molecule has 24 heavy (non-hydrogen) atoms. The lowest BCUT2D eigenvalue weighted by Gasteiger charge is -2.26. The van der Waals surface area contributed by atoms with Crippen molar-refractivity contribution in [3.63, 3.8) is 0 Å². The summed E-state index contributed by atoms with van der Waals surface area (Å²) < 4.78 is 15.9. The molecule has 0 spiro atoms. The van der Waals surface area contributed by atoms with Gasteiger partial charge >= 0.3 is 5.97 Å². The molecule has 0 saturated carbocycles. The highest BCUT2D eigenvalue weighted by Gasteiger charge is 2.20. The van der Waals surface area contributed by atoms with Crippen LogP contribution in [0.4, 0.5) is 0 Å². The average molecular weight is 359 g/mol. The highest BCUT2D eigenvalue weighted by molar-refractivity contribution is 6.13. The lowest BCUT2D eigenvalue weighted by atomic mass is 10.1. The Balaban J connectivity index is 3.26. The van der Waals surface area contributed by atoms with Crippen LogP contribution in [0, 0.1) is 0 Å². The fourth-order valence-corrected chi connectivity index (χ4v) is 2.89. The number of unbranched alkanes of at least 4 members (excludes halogenated alkanes) is 9. The lowest BCUT2D eigenvalue weighted by molar-refractivity contribution is -0.146. The zero-order chi connectivity index (χ0) is 18.3. The molecule has 0 aromatic heterocycles. The number of carbonyl (C=O) groups excluding carboxylic acids is 1. The molecular weight excluding hydrogens is 320 g/mol. The van der Waals surface area contributed by atoms with Crippen molar-refractivity contribution in [1.29, 1.82) is 0 Å². The summed E-state index contributed by atoms with van der Waals surface area (Å²) >= 11 is 0. The summed E-state index contributed by atoms with van der Waals surface area (Å²) in [6.07, 6.45) is 13.4. The van der Waals surface area contributed by atoms with Crippen molar-refractivity contribution in [3.05, 3.63) is 12.2 Å². The van der Waals surface area contributed by atoms with Crippen molar-refractivity contribution in [3.8, 4) is 0 Å². The van der Waals surface area contributed by atoms with Crippen LogP contribution in [0.5, 0.6) is 0 Å². The van der Waals surface area contributed by atoms with Crippen LogP contribution >= 0.6 is 0 Å². The van der Waals surface area contributed by atoms with Crippen LogP contribution < -0.4 is 0 Å². The third-order valence-corrected chi connectivity index (χ3v) is 5.79. The van der Waals surface area contributed by atoms with Gasteiger partial charge in [-0.3, -0.25) is 0 Å². The quantitative estimate of drug-likeness (QED) is 0.139. The molecule has 5 heteroatoms. The molecule has 0 unspecified atom stereocenters. The average Bonchev–Trinajstić information content (AvgIpc) is 2.58. The second-order valence-corrected chi connectivity index (χ2v) is 8.27. The zero-order valence-electron chi connectivity index (χ0n) is 16.3. The summed E-state index contributed by atoms with van der Waals surface area (Å²) in [6, 6.07) is 0. The van der Waals surface area contributed by atoms with Gasteiger partial charge in [0.1, 0.15) is 5.41 Å². The molecule has 0 heterocycles. The first-order chi connectivity index (χ1) is 11.4. The van der Waals surface area contributed by atoms with Gasteiger partial charge in [0.15, 0.2) is 0 Å². The normalized spacial score (nSPS) is 11.6. The second kappa shape index (κ2) is 14.7. The van der Waals surface area contributed by atoms with Crippen LogP contribution in [-0.4, -0.2) is 42.4 Å². The highest BCUT2D eigenvalue weighted by atomic mass is 28.1. The van der Waals surface area contributed by atoms with E-state index < -0.39 is 0 Å². The molecule has 0 rings (SSSR count). The van der Waals surface area contributed by atoms with Gasteiger partial charge in [-0.2, -0.15) is 0 Å². The Morgan fingerprint density at radius 1 is 0.875 bits per heavy atom. The summed E-state index contributed by atoms with van der Waals surface area (Å²) in [5.74, 6) is -0.270. The van der Waals surface area contributed by atoms with Crippen LogP contribution in [0.3, 0.4) is 0 Å². The molecule has 0 aliphatic carbocycles. The molecule has 0 aromatic rings. The van der Waals surface area contributed by atoms with Crippen molar-refractivity contribution >= 4 is 16.2 Å². The van der Waals surface area contributed by atoms with E-state index in [9.17, 15) is 4.79 Å². The maximum Gasteiger partial charge on any atom is 0.333 e. The molecular formula is C19H38O4Si. The van der Waals surface area contributed by atoms with Crippen LogP contribution in [0.15, 0.2) is 12.2 Å². The SMILES string of the molecule is C=C(C)C(=O)OCCCCCCCCCCCCC([SiH3])(OC)OC. The van der Waals surface area contributed by atoms with Gasteiger partial charge in [-0.25, -0.2) is 4.79 Å². The van der Waals surface area contributed by atoms with Crippen molar-refractivity contribution in [2.24, 2.45) is 0 Å². The van der Waals surface area contributed by atoms with Crippen molar-refractivity contribution in [2.75, 3.05) is 20.8 Å². The monoisotopic (exact) mass is 358 g/mol. The molecule has 0 fully saturated rings. The molecule has 142 valence electrons. The van der Waals surface area contributed by atoms with E-state index in [0.717, 1.165) is 29.5 Å². The Kier molecular flexibility index (Phi) is 14.3. The van der Waals surface area contributed by atoms with Crippen LogP contribution in [0.1, 0.15) is 77.6 Å². The summed E-state index contributed by atoms with van der Waals surface area (Å²) in [4.78, 5) is 11.2. The Morgan fingerprint density at radius 3 is 1.71 bits per heavy atom. The first-order valence-electron chi connectivity index (χ1n) is 9.38. The number of carbonyl (C=O) groups is 1. The van der Waals surface area contributed by atoms with Crippen LogP contribution in [-0.2, 0) is 19.0 Å². The maximum absolute atomic E-state index is 11.2. The minimum atomic E-state index is -0.279. The molecule has 0 bridgehead atoms.